The van der Waals surface area contributed by atoms with E-state index in [0.29, 0.717) is 0 Å². The molecule has 0 atom stereocenters. The Labute approximate surface area is 78.6 Å². The minimum Gasteiger partial charge on any atom is -0.314 e. The average Bonchev–Trinajstić information content (AvgIpc) is 2.43. The summed E-state index contributed by atoms with van der Waals surface area (Å²) in [6.45, 7) is 4.66. The molecule has 1 N–H and O–H groups in total. The first kappa shape index (κ1) is 7.54. The lowest BCUT2D eigenvalue weighted by molar-refractivity contribution is 0.145. The van der Waals surface area contributed by atoms with Gasteiger partial charge < -0.3 is 5.32 Å². The molecule has 1 aromatic carbocycles. The fourth-order valence-electron chi connectivity index (χ4n) is 2.15. The molecule has 2 aliphatic heterocycles. The number of nitrogens with zero attached hydrogens (tertiary/aromatic N) is 1. The van der Waals surface area contributed by atoms with Gasteiger partial charge in [0.25, 0.3) is 0 Å². The highest BCUT2D eigenvalue weighted by Gasteiger charge is 2.28. The van der Waals surface area contributed by atoms with Gasteiger partial charge in [-0.2, -0.15) is 0 Å². The number of nitrogens with one attached hydrogen (secondary N) is 1. The van der Waals surface area contributed by atoms with Crippen LogP contribution in [0.4, 0.5) is 0 Å². The normalized spacial score (nSPS) is 22.8. The molecule has 2 heteroatoms. The lowest BCUT2D eigenvalue weighted by Gasteiger charge is -2.35. The fourth-order valence-corrected chi connectivity index (χ4v) is 2.15. The van der Waals surface area contributed by atoms with Crippen molar-refractivity contribution in [3.05, 3.63) is 35.4 Å². The van der Waals surface area contributed by atoms with Crippen LogP contribution in [-0.2, 0) is 13.1 Å². The van der Waals surface area contributed by atoms with Gasteiger partial charge in [0.05, 0.1) is 0 Å². The van der Waals surface area contributed by atoms with E-state index in [2.05, 4.69) is 34.5 Å². The summed E-state index contributed by atoms with van der Waals surface area (Å²) in [7, 11) is 0. The van der Waals surface area contributed by atoms with Crippen molar-refractivity contribution in [1.29, 1.82) is 0 Å². The SMILES string of the molecule is c1ccc2c(c1)CN(C1CNC1)C2. The zero-order chi connectivity index (χ0) is 8.67. The standard InChI is InChI=1S/C11H14N2/c1-2-4-10-8-13(7-9(10)3-1)11-5-12-6-11/h1-4,11-12H,5-8H2. The van der Waals surface area contributed by atoms with E-state index < -0.39 is 0 Å². The molecule has 0 amide bonds. The minimum atomic E-state index is 0.785. The molecule has 1 saturated heterocycles. The summed E-state index contributed by atoms with van der Waals surface area (Å²) >= 11 is 0. The Morgan fingerprint density at radius 3 is 2.15 bits per heavy atom. The average molecular weight is 174 g/mol. The van der Waals surface area contributed by atoms with Gasteiger partial charge in [0.1, 0.15) is 0 Å². The molecule has 0 aromatic heterocycles. The molecule has 68 valence electrons. The van der Waals surface area contributed by atoms with Crippen LogP contribution < -0.4 is 5.32 Å². The monoisotopic (exact) mass is 174 g/mol. The van der Waals surface area contributed by atoms with E-state index in [1.54, 1.807) is 0 Å². The summed E-state index contributed by atoms with van der Waals surface area (Å²) in [6, 6.07) is 9.57. The van der Waals surface area contributed by atoms with Gasteiger partial charge in [-0.3, -0.25) is 4.90 Å². The lowest BCUT2D eigenvalue weighted by Crippen LogP contribution is -2.55. The highest BCUT2D eigenvalue weighted by Crippen LogP contribution is 2.24. The van der Waals surface area contributed by atoms with E-state index in [1.807, 2.05) is 0 Å². The largest absolute Gasteiger partial charge is 0.314 e. The van der Waals surface area contributed by atoms with Crippen molar-refractivity contribution in [2.45, 2.75) is 19.1 Å². The third kappa shape index (κ3) is 1.18. The van der Waals surface area contributed by atoms with Gasteiger partial charge in [0.15, 0.2) is 0 Å². The van der Waals surface area contributed by atoms with Crippen LogP contribution >= 0.6 is 0 Å². The molecule has 1 aromatic rings. The van der Waals surface area contributed by atoms with Crippen molar-refractivity contribution >= 4 is 0 Å². The van der Waals surface area contributed by atoms with Crippen LogP contribution in [0.15, 0.2) is 24.3 Å². The van der Waals surface area contributed by atoms with Gasteiger partial charge in [0.2, 0.25) is 0 Å². The third-order valence-electron chi connectivity index (χ3n) is 3.14. The number of fused-ring (bicyclic) bond motifs is 1. The minimum absolute atomic E-state index is 0.785. The van der Waals surface area contributed by atoms with E-state index in [-0.39, 0.29) is 0 Å². The molecule has 0 saturated carbocycles. The Hall–Kier alpha value is -0.860. The molecular formula is C11H14N2. The highest BCUT2D eigenvalue weighted by molar-refractivity contribution is 5.30. The first-order chi connectivity index (χ1) is 6.43. The summed E-state index contributed by atoms with van der Waals surface area (Å²) in [4.78, 5) is 2.57. The van der Waals surface area contributed by atoms with Crippen LogP contribution in [0.2, 0.25) is 0 Å². The van der Waals surface area contributed by atoms with E-state index >= 15 is 0 Å². The van der Waals surface area contributed by atoms with Crippen molar-refractivity contribution in [2.24, 2.45) is 0 Å². The zero-order valence-electron chi connectivity index (χ0n) is 7.66. The summed E-state index contributed by atoms with van der Waals surface area (Å²) in [5.74, 6) is 0. The molecule has 3 rings (SSSR count). The van der Waals surface area contributed by atoms with Gasteiger partial charge in [-0.05, 0) is 11.1 Å². The van der Waals surface area contributed by atoms with Gasteiger partial charge in [-0.1, -0.05) is 24.3 Å². The molecular weight excluding hydrogens is 160 g/mol. The van der Waals surface area contributed by atoms with Gasteiger partial charge in [-0.15, -0.1) is 0 Å². The fraction of sp³-hybridized carbons (Fsp3) is 0.455. The third-order valence-corrected chi connectivity index (χ3v) is 3.14. The molecule has 1 fully saturated rings. The van der Waals surface area contributed by atoms with Crippen LogP contribution in [0.3, 0.4) is 0 Å². The van der Waals surface area contributed by atoms with Gasteiger partial charge >= 0.3 is 0 Å². The van der Waals surface area contributed by atoms with Gasteiger partial charge in [-0.25, -0.2) is 0 Å². The van der Waals surface area contributed by atoms with Crippen LogP contribution in [0.1, 0.15) is 11.1 Å². The summed E-state index contributed by atoms with van der Waals surface area (Å²) < 4.78 is 0. The molecule has 0 radical (unpaired) electrons. The first-order valence-corrected chi connectivity index (χ1v) is 4.95. The summed E-state index contributed by atoms with van der Waals surface area (Å²) in [6.07, 6.45) is 0. The number of hydrogen-bond acceptors (Lipinski definition) is 2. The lowest BCUT2D eigenvalue weighted by atomic mass is 10.1. The van der Waals surface area contributed by atoms with E-state index in [0.717, 1.165) is 19.1 Å². The molecule has 0 bridgehead atoms. The molecule has 0 aliphatic carbocycles. The second-order valence-electron chi connectivity index (χ2n) is 3.99. The molecule has 2 heterocycles. The van der Waals surface area contributed by atoms with Crippen LogP contribution in [0.25, 0.3) is 0 Å². The second kappa shape index (κ2) is 2.82. The number of hydrogen-bond donors (Lipinski definition) is 1. The predicted octanol–water partition coefficient (Wildman–Crippen LogP) is 0.974. The number of benzene rings is 1. The van der Waals surface area contributed by atoms with Crippen molar-refractivity contribution in [2.75, 3.05) is 13.1 Å². The van der Waals surface area contributed by atoms with E-state index in [1.165, 1.54) is 24.2 Å². The smallest absolute Gasteiger partial charge is 0.0352 e. The van der Waals surface area contributed by atoms with Gasteiger partial charge in [0, 0.05) is 32.2 Å². The Kier molecular flexibility index (Phi) is 1.64. The molecule has 2 nitrogen and oxygen atoms in total. The molecule has 2 aliphatic rings. The topological polar surface area (TPSA) is 15.3 Å². The maximum atomic E-state index is 3.32. The van der Waals surface area contributed by atoms with Crippen molar-refractivity contribution in [1.82, 2.24) is 10.2 Å². The summed E-state index contributed by atoms with van der Waals surface area (Å²) in [5, 5.41) is 3.32. The Morgan fingerprint density at radius 2 is 1.69 bits per heavy atom. The zero-order valence-corrected chi connectivity index (χ0v) is 7.66. The predicted molar refractivity (Wildman–Crippen MR) is 52.3 cm³/mol. The van der Waals surface area contributed by atoms with Crippen molar-refractivity contribution < 1.29 is 0 Å². The molecule has 0 unspecified atom stereocenters. The van der Waals surface area contributed by atoms with E-state index in [9.17, 15) is 0 Å². The second-order valence-corrected chi connectivity index (χ2v) is 3.99. The maximum Gasteiger partial charge on any atom is 0.0352 e. The van der Waals surface area contributed by atoms with Crippen molar-refractivity contribution in [3.63, 3.8) is 0 Å². The van der Waals surface area contributed by atoms with Crippen LogP contribution in [-0.4, -0.2) is 24.0 Å². The highest BCUT2D eigenvalue weighted by atomic mass is 15.2. The Morgan fingerprint density at radius 1 is 1.08 bits per heavy atom. The Bertz CT molecular complexity index is 293. The van der Waals surface area contributed by atoms with Crippen LogP contribution in [0, 0.1) is 0 Å². The Balaban J connectivity index is 1.80. The van der Waals surface area contributed by atoms with Crippen molar-refractivity contribution in [3.8, 4) is 0 Å². The maximum absolute atomic E-state index is 3.32. The first-order valence-electron chi connectivity index (χ1n) is 4.95. The quantitative estimate of drug-likeness (QED) is 0.682. The van der Waals surface area contributed by atoms with Crippen LogP contribution in [0.5, 0.6) is 0 Å². The molecule has 0 spiro atoms. The number of rotatable bonds is 1. The molecule has 13 heavy (non-hydrogen) atoms. The summed E-state index contributed by atoms with van der Waals surface area (Å²) in [5.41, 5.74) is 3.05. The van der Waals surface area contributed by atoms with E-state index in [4.69, 9.17) is 0 Å².